The lowest BCUT2D eigenvalue weighted by atomic mass is 10.0. The van der Waals surface area contributed by atoms with E-state index in [1.807, 2.05) is 12.1 Å². The highest BCUT2D eigenvalue weighted by Crippen LogP contribution is 2.25. The van der Waals surface area contributed by atoms with Gasteiger partial charge in [-0.05, 0) is 30.5 Å². The van der Waals surface area contributed by atoms with Crippen molar-refractivity contribution in [1.82, 2.24) is 0 Å². The van der Waals surface area contributed by atoms with E-state index in [9.17, 15) is 4.39 Å². The predicted molar refractivity (Wildman–Crippen MR) is 79.7 cm³/mol. The third-order valence-electron chi connectivity index (χ3n) is 3.51. The topological polar surface area (TPSA) is 58.7 Å². The molecule has 1 aliphatic rings. The van der Waals surface area contributed by atoms with Gasteiger partial charge in [-0.3, -0.25) is 0 Å². The number of benzene rings is 1. The number of ether oxygens (including phenoxy) is 1. The van der Waals surface area contributed by atoms with Crippen LogP contribution in [0.1, 0.15) is 24.5 Å². The summed E-state index contributed by atoms with van der Waals surface area (Å²) < 4.78 is 17.9. The minimum absolute atomic E-state index is 0.373. The van der Waals surface area contributed by atoms with Crippen LogP contribution in [0, 0.1) is 0 Å². The maximum absolute atomic E-state index is 12.6. The molecule has 1 fully saturated rings. The summed E-state index contributed by atoms with van der Waals surface area (Å²) in [6.45, 7) is 1.67. The lowest BCUT2D eigenvalue weighted by Crippen LogP contribution is -2.31. The van der Waals surface area contributed by atoms with Crippen molar-refractivity contribution in [2.75, 3.05) is 38.9 Å². The summed E-state index contributed by atoms with van der Waals surface area (Å²) >= 11 is 0. The number of hydrogen-bond acceptors (Lipinski definition) is 4. The Morgan fingerprint density at radius 3 is 2.25 bits per heavy atom. The van der Waals surface area contributed by atoms with Crippen molar-refractivity contribution in [2.45, 2.75) is 25.0 Å². The van der Waals surface area contributed by atoms with Crippen LogP contribution in [0.2, 0.25) is 0 Å². The molecular weight excluding hydrogens is 259 g/mol. The van der Waals surface area contributed by atoms with Gasteiger partial charge in [-0.1, -0.05) is 12.1 Å². The molecule has 5 heteroatoms. The van der Waals surface area contributed by atoms with E-state index in [0.29, 0.717) is 0 Å². The number of halogens is 1. The van der Waals surface area contributed by atoms with Crippen molar-refractivity contribution in [2.24, 2.45) is 5.73 Å². The van der Waals surface area contributed by atoms with Gasteiger partial charge in [-0.2, -0.15) is 0 Å². The van der Waals surface area contributed by atoms with E-state index < -0.39 is 12.7 Å². The first-order valence-corrected chi connectivity index (χ1v) is 6.90. The van der Waals surface area contributed by atoms with Crippen LogP contribution in [0.15, 0.2) is 24.3 Å². The Bertz CT molecular complexity index is 367. The van der Waals surface area contributed by atoms with Crippen LogP contribution >= 0.6 is 0 Å². The van der Waals surface area contributed by atoms with E-state index in [1.54, 1.807) is 7.11 Å². The average Bonchev–Trinajstić information content (AvgIpc) is 3.05. The van der Waals surface area contributed by atoms with Crippen molar-refractivity contribution in [1.29, 1.82) is 0 Å². The molecule has 3 N–H and O–H groups in total. The fraction of sp³-hybridized carbons (Fsp3) is 0.600. The second-order valence-electron chi connectivity index (χ2n) is 4.76. The number of aliphatic hydroxyl groups excluding tert-OH is 1. The predicted octanol–water partition coefficient (Wildman–Crippen LogP) is 1.88. The van der Waals surface area contributed by atoms with Gasteiger partial charge >= 0.3 is 0 Å². The van der Waals surface area contributed by atoms with Gasteiger partial charge in [-0.15, -0.1) is 0 Å². The number of aliphatic hydroxyl groups is 1. The van der Waals surface area contributed by atoms with Crippen LogP contribution < -0.4 is 10.6 Å². The van der Waals surface area contributed by atoms with E-state index in [0.717, 1.165) is 25.8 Å². The fourth-order valence-electron chi connectivity index (χ4n) is 2.49. The van der Waals surface area contributed by atoms with E-state index in [-0.39, 0.29) is 6.10 Å². The summed E-state index contributed by atoms with van der Waals surface area (Å²) in [5.74, 6) is 0. The van der Waals surface area contributed by atoms with E-state index in [4.69, 9.17) is 15.6 Å². The minimum Gasteiger partial charge on any atom is -0.400 e. The molecule has 20 heavy (non-hydrogen) atoms. The maximum Gasteiger partial charge on any atom is 0.107 e. The Hall–Kier alpha value is -1.17. The van der Waals surface area contributed by atoms with Gasteiger partial charge in [0.05, 0.1) is 12.1 Å². The quantitative estimate of drug-likeness (QED) is 0.867. The first-order valence-electron chi connectivity index (χ1n) is 6.90. The summed E-state index contributed by atoms with van der Waals surface area (Å²) in [6, 6.07) is 7.50. The van der Waals surface area contributed by atoms with Crippen LogP contribution in [0.4, 0.5) is 10.1 Å². The molecule has 0 aromatic heterocycles. The van der Waals surface area contributed by atoms with Crippen molar-refractivity contribution >= 4 is 5.69 Å². The highest BCUT2D eigenvalue weighted by Gasteiger charge is 2.20. The van der Waals surface area contributed by atoms with Gasteiger partial charge < -0.3 is 20.5 Å². The smallest absolute Gasteiger partial charge is 0.107 e. The van der Waals surface area contributed by atoms with Crippen molar-refractivity contribution < 1.29 is 14.2 Å². The second kappa shape index (κ2) is 8.89. The van der Waals surface area contributed by atoms with Crippen molar-refractivity contribution in [3.05, 3.63) is 29.8 Å². The number of rotatable bonds is 5. The summed E-state index contributed by atoms with van der Waals surface area (Å²) in [6.07, 6.45) is 2.15. The molecule has 114 valence electrons. The molecule has 4 nitrogen and oxygen atoms in total. The molecule has 1 aromatic carbocycles. The fourth-order valence-corrected chi connectivity index (χ4v) is 2.49. The lowest BCUT2D eigenvalue weighted by molar-refractivity contribution is 0.0721. The summed E-state index contributed by atoms with van der Waals surface area (Å²) in [5.41, 5.74) is 7.87. The normalized spacial score (nSPS) is 17.4. The SMILES string of the molecule is CO.COC(c1ccc(N2CCCC2)cc1)C(N)CF. The molecule has 1 aromatic rings. The number of nitrogens with zero attached hydrogens (tertiary/aromatic N) is 1. The lowest BCUT2D eigenvalue weighted by Gasteiger charge is -2.22. The monoisotopic (exact) mass is 284 g/mol. The third kappa shape index (κ3) is 4.16. The molecule has 0 radical (unpaired) electrons. The molecule has 2 unspecified atom stereocenters. The Morgan fingerprint density at radius 1 is 1.25 bits per heavy atom. The van der Waals surface area contributed by atoms with Crippen LogP contribution in [-0.2, 0) is 4.74 Å². The molecule has 0 bridgehead atoms. The zero-order valence-corrected chi connectivity index (χ0v) is 12.3. The molecule has 2 rings (SSSR count). The molecule has 1 heterocycles. The van der Waals surface area contributed by atoms with Gasteiger partial charge in [0.1, 0.15) is 6.67 Å². The molecule has 0 amide bonds. The van der Waals surface area contributed by atoms with Gasteiger partial charge in [0.15, 0.2) is 0 Å². The molecule has 2 atom stereocenters. The second-order valence-corrected chi connectivity index (χ2v) is 4.76. The molecule has 0 spiro atoms. The largest absolute Gasteiger partial charge is 0.400 e. The number of methoxy groups -OCH3 is 1. The van der Waals surface area contributed by atoms with E-state index >= 15 is 0 Å². The Labute approximate surface area is 120 Å². The Balaban J connectivity index is 0.000000956. The van der Waals surface area contributed by atoms with Crippen LogP contribution in [0.3, 0.4) is 0 Å². The Morgan fingerprint density at radius 2 is 1.80 bits per heavy atom. The highest BCUT2D eigenvalue weighted by atomic mass is 19.1. The van der Waals surface area contributed by atoms with Crippen molar-refractivity contribution in [3.63, 3.8) is 0 Å². The number of nitrogens with two attached hydrogens (primary N) is 1. The summed E-state index contributed by atoms with van der Waals surface area (Å²) in [5, 5.41) is 7.00. The molecule has 0 aliphatic carbocycles. The van der Waals surface area contributed by atoms with Gasteiger partial charge in [0.2, 0.25) is 0 Å². The van der Waals surface area contributed by atoms with E-state index in [2.05, 4.69) is 17.0 Å². The van der Waals surface area contributed by atoms with Crippen molar-refractivity contribution in [3.8, 4) is 0 Å². The van der Waals surface area contributed by atoms with Gasteiger partial charge in [-0.25, -0.2) is 4.39 Å². The summed E-state index contributed by atoms with van der Waals surface area (Å²) in [4.78, 5) is 2.36. The molecule has 1 saturated heterocycles. The Kier molecular flexibility index (Phi) is 7.51. The van der Waals surface area contributed by atoms with Crippen LogP contribution in [0.25, 0.3) is 0 Å². The summed E-state index contributed by atoms with van der Waals surface area (Å²) in [7, 11) is 2.56. The molecule has 0 saturated carbocycles. The third-order valence-corrected chi connectivity index (χ3v) is 3.51. The average molecular weight is 284 g/mol. The minimum atomic E-state index is -0.604. The van der Waals surface area contributed by atoms with Crippen LogP contribution in [0.5, 0.6) is 0 Å². The standard InChI is InChI=1S/C14H21FN2O.CH4O/c1-18-14(13(16)10-15)11-4-6-12(7-5-11)17-8-2-3-9-17;1-2/h4-7,13-14H,2-3,8-10,16H2,1H3;2H,1H3. The number of anilines is 1. The first kappa shape index (κ1) is 16.9. The molecular formula is C15H25FN2O2. The number of hydrogen-bond donors (Lipinski definition) is 2. The van der Waals surface area contributed by atoms with E-state index in [1.165, 1.54) is 18.5 Å². The zero-order chi connectivity index (χ0) is 15.0. The van der Waals surface area contributed by atoms with Gasteiger partial charge in [0, 0.05) is 33.0 Å². The van der Waals surface area contributed by atoms with Gasteiger partial charge in [0.25, 0.3) is 0 Å². The maximum atomic E-state index is 12.6. The molecule has 1 aliphatic heterocycles. The highest BCUT2D eigenvalue weighted by molar-refractivity contribution is 5.48. The zero-order valence-electron chi connectivity index (χ0n) is 12.3. The number of alkyl halides is 1. The van der Waals surface area contributed by atoms with Crippen LogP contribution in [-0.4, -0.2) is 45.1 Å². The first-order chi connectivity index (χ1) is 9.76.